The van der Waals surface area contributed by atoms with Crippen LogP contribution in [0.1, 0.15) is 25.0 Å². The molecule has 0 fully saturated rings. The van der Waals surface area contributed by atoms with Crippen molar-refractivity contribution in [3.8, 4) is 11.5 Å². The van der Waals surface area contributed by atoms with Gasteiger partial charge in [-0.15, -0.1) is 0 Å². The van der Waals surface area contributed by atoms with Gasteiger partial charge < -0.3 is 9.47 Å². The van der Waals surface area contributed by atoms with Gasteiger partial charge >= 0.3 is 0 Å². The summed E-state index contributed by atoms with van der Waals surface area (Å²) in [7, 11) is 0. The van der Waals surface area contributed by atoms with Crippen LogP contribution in [0.3, 0.4) is 0 Å². The van der Waals surface area contributed by atoms with Gasteiger partial charge in [0.2, 0.25) is 5.12 Å². The van der Waals surface area contributed by atoms with Gasteiger partial charge in [0.15, 0.2) is 11.5 Å². The molecular weight excluding hydrogens is 378 g/mol. The van der Waals surface area contributed by atoms with Crippen LogP contribution in [0.15, 0.2) is 59.2 Å². The quantitative estimate of drug-likeness (QED) is 0.584. The molecule has 27 heavy (non-hydrogen) atoms. The van der Waals surface area contributed by atoms with Crippen molar-refractivity contribution in [3.05, 3.63) is 65.4 Å². The second-order valence-corrected chi connectivity index (χ2v) is 8.12. The Morgan fingerprint density at radius 1 is 1.07 bits per heavy atom. The van der Waals surface area contributed by atoms with Gasteiger partial charge in [0.25, 0.3) is 0 Å². The van der Waals surface area contributed by atoms with Crippen LogP contribution in [0.25, 0.3) is 6.08 Å². The van der Waals surface area contributed by atoms with Gasteiger partial charge in [0.1, 0.15) is 16.7 Å². The first-order valence-corrected chi connectivity index (χ1v) is 10.6. The molecule has 3 rings (SSSR count). The number of rotatable bonds is 7. The van der Waals surface area contributed by atoms with Gasteiger partial charge in [-0.2, -0.15) is 0 Å². The fourth-order valence-corrected chi connectivity index (χ4v) is 4.21. The van der Waals surface area contributed by atoms with Gasteiger partial charge in [0.05, 0.1) is 6.61 Å². The molecule has 1 aliphatic heterocycles. The Labute approximate surface area is 168 Å². The molecule has 6 heteroatoms. The third kappa shape index (κ3) is 5.40. The SMILES string of the molecule is CCOc1cc(C=C2N=C(SCC)SC2=O)ccc1OCc1ccccc1. The maximum absolute atomic E-state index is 12.1. The van der Waals surface area contributed by atoms with E-state index in [0.717, 1.165) is 21.3 Å². The molecule has 0 amide bonds. The fraction of sp³-hybridized carbons (Fsp3) is 0.238. The van der Waals surface area contributed by atoms with Crippen molar-refractivity contribution in [1.82, 2.24) is 0 Å². The van der Waals surface area contributed by atoms with E-state index < -0.39 is 0 Å². The van der Waals surface area contributed by atoms with Crippen LogP contribution in [0.4, 0.5) is 0 Å². The molecule has 0 saturated heterocycles. The maximum Gasteiger partial charge on any atom is 0.244 e. The zero-order valence-electron chi connectivity index (χ0n) is 15.3. The number of aliphatic imine (C=N–C) groups is 1. The van der Waals surface area contributed by atoms with Crippen LogP contribution in [-0.2, 0) is 11.4 Å². The van der Waals surface area contributed by atoms with Crippen LogP contribution in [0.5, 0.6) is 11.5 Å². The van der Waals surface area contributed by atoms with Gasteiger partial charge in [-0.1, -0.05) is 55.1 Å². The largest absolute Gasteiger partial charge is 0.490 e. The molecule has 0 atom stereocenters. The van der Waals surface area contributed by atoms with Gasteiger partial charge in [-0.3, -0.25) is 4.79 Å². The summed E-state index contributed by atoms with van der Waals surface area (Å²) in [6.45, 7) is 4.98. The van der Waals surface area contributed by atoms with E-state index in [9.17, 15) is 4.79 Å². The number of ether oxygens (including phenoxy) is 2. The van der Waals surface area contributed by atoms with Gasteiger partial charge in [-0.05, 0) is 53.8 Å². The Bertz CT molecular complexity index is 863. The lowest BCUT2D eigenvalue weighted by molar-refractivity contribution is -0.107. The Morgan fingerprint density at radius 3 is 2.63 bits per heavy atom. The molecule has 0 unspecified atom stereocenters. The number of hydrogen-bond donors (Lipinski definition) is 0. The first-order chi connectivity index (χ1) is 13.2. The smallest absolute Gasteiger partial charge is 0.244 e. The van der Waals surface area contributed by atoms with Crippen molar-refractivity contribution in [1.29, 1.82) is 0 Å². The lowest BCUT2D eigenvalue weighted by Crippen LogP contribution is -2.00. The first kappa shape index (κ1) is 19.6. The summed E-state index contributed by atoms with van der Waals surface area (Å²) in [5, 5.41) is -0.0201. The van der Waals surface area contributed by atoms with Crippen LogP contribution in [0, 0.1) is 0 Å². The second-order valence-electron chi connectivity index (χ2n) is 5.64. The predicted octanol–water partition coefficient (Wildman–Crippen LogP) is 5.39. The summed E-state index contributed by atoms with van der Waals surface area (Å²) < 4.78 is 12.5. The molecule has 1 heterocycles. The van der Waals surface area contributed by atoms with E-state index in [4.69, 9.17) is 9.47 Å². The molecule has 1 aliphatic rings. The molecule has 0 N–H and O–H groups in total. The number of hydrogen-bond acceptors (Lipinski definition) is 6. The molecule has 0 spiro atoms. The lowest BCUT2D eigenvalue weighted by Gasteiger charge is -2.13. The van der Waals surface area contributed by atoms with E-state index in [-0.39, 0.29) is 5.12 Å². The highest BCUT2D eigenvalue weighted by molar-refractivity contribution is 8.45. The zero-order valence-corrected chi connectivity index (χ0v) is 16.9. The predicted molar refractivity (Wildman–Crippen MR) is 115 cm³/mol. The third-order valence-electron chi connectivity index (χ3n) is 3.68. The molecule has 4 nitrogen and oxygen atoms in total. The number of nitrogens with zero attached hydrogens (tertiary/aromatic N) is 1. The van der Waals surface area contributed by atoms with E-state index in [1.165, 1.54) is 11.8 Å². The van der Waals surface area contributed by atoms with E-state index in [1.54, 1.807) is 17.8 Å². The van der Waals surface area contributed by atoms with Crippen molar-refractivity contribution in [2.75, 3.05) is 12.4 Å². The van der Waals surface area contributed by atoms with E-state index in [2.05, 4.69) is 4.99 Å². The minimum Gasteiger partial charge on any atom is -0.490 e. The molecule has 2 aromatic carbocycles. The van der Waals surface area contributed by atoms with Crippen molar-refractivity contribution < 1.29 is 14.3 Å². The molecule has 0 bridgehead atoms. The average Bonchev–Trinajstić information content (AvgIpc) is 3.01. The number of benzene rings is 2. The molecular formula is C21H21NO3S2. The normalized spacial score (nSPS) is 15.1. The molecule has 0 aromatic heterocycles. The number of thioether (sulfide) groups is 2. The van der Waals surface area contributed by atoms with E-state index in [0.29, 0.717) is 30.4 Å². The Kier molecular flexibility index (Phi) is 7.01. The van der Waals surface area contributed by atoms with Crippen molar-refractivity contribution in [3.63, 3.8) is 0 Å². The maximum atomic E-state index is 12.1. The third-order valence-corrected chi connectivity index (χ3v) is 5.57. The summed E-state index contributed by atoms with van der Waals surface area (Å²) >= 11 is 2.77. The Hall–Kier alpha value is -2.18. The zero-order chi connectivity index (χ0) is 19.1. The topological polar surface area (TPSA) is 47.9 Å². The monoisotopic (exact) mass is 399 g/mol. The first-order valence-electron chi connectivity index (χ1n) is 8.78. The van der Waals surface area contributed by atoms with Gasteiger partial charge in [-0.25, -0.2) is 4.99 Å². The summed E-state index contributed by atoms with van der Waals surface area (Å²) in [4.78, 5) is 16.5. The molecule has 0 saturated carbocycles. The molecule has 0 aliphatic carbocycles. The number of carbonyl (C=O) groups is 1. The fourth-order valence-electron chi connectivity index (χ4n) is 2.47. The van der Waals surface area contributed by atoms with E-state index >= 15 is 0 Å². The van der Waals surface area contributed by atoms with Crippen molar-refractivity contribution >= 4 is 39.1 Å². The highest BCUT2D eigenvalue weighted by Crippen LogP contribution is 2.33. The van der Waals surface area contributed by atoms with Crippen LogP contribution < -0.4 is 9.47 Å². The van der Waals surface area contributed by atoms with Crippen LogP contribution in [0.2, 0.25) is 0 Å². The second kappa shape index (κ2) is 9.67. The lowest BCUT2D eigenvalue weighted by atomic mass is 10.1. The van der Waals surface area contributed by atoms with Crippen molar-refractivity contribution in [2.24, 2.45) is 4.99 Å². The standard InChI is InChI=1S/C21H21NO3S2/c1-3-24-19-13-16(12-17-20(23)27-21(22-17)26-4-2)10-11-18(19)25-14-15-8-6-5-7-9-15/h5-13H,3-4,14H2,1-2H3. The molecule has 0 radical (unpaired) electrons. The van der Waals surface area contributed by atoms with Crippen LogP contribution >= 0.6 is 23.5 Å². The average molecular weight is 400 g/mol. The molecule has 2 aromatic rings. The summed E-state index contributed by atoms with van der Waals surface area (Å²) in [5.41, 5.74) is 2.42. The van der Waals surface area contributed by atoms with Crippen molar-refractivity contribution in [2.45, 2.75) is 20.5 Å². The highest BCUT2D eigenvalue weighted by Gasteiger charge is 2.22. The van der Waals surface area contributed by atoms with E-state index in [1.807, 2.05) is 62.4 Å². The highest BCUT2D eigenvalue weighted by atomic mass is 32.2. The minimum atomic E-state index is -0.0201. The Balaban J connectivity index is 1.79. The van der Waals surface area contributed by atoms with Crippen LogP contribution in [-0.4, -0.2) is 21.9 Å². The Morgan fingerprint density at radius 2 is 1.89 bits per heavy atom. The minimum absolute atomic E-state index is 0.0201. The van der Waals surface area contributed by atoms with Gasteiger partial charge in [0, 0.05) is 0 Å². The summed E-state index contributed by atoms with van der Waals surface area (Å²) in [6, 6.07) is 15.7. The molecule has 140 valence electrons. The number of carbonyl (C=O) groups excluding carboxylic acids is 1. The summed E-state index contributed by atoms with van der Waals surface area (Å²) in [6.07, 6.45) is 1.79. The summed E-state index contributed by atoms with van der Waals surface area (Å²) in [5.74, 6) is 2.24.